The fourth-order valence-corrected chi connectivity index (χ4v) is 3.94. The van der Waals surface area contributed by atoms with Crippen LogP contribution in [0.4, 0.5) is 0 Å². The van der Waals surface area contributed by atoms with E-state index in [-0.39, 0.29) is 28.3 Å². The van der Waals surface area contributed by atoms with E-state index in [0.717, 1.165) is 5.56 Å². The largest absolute Gasteiger partial charge is 0.508 e. The summed E-state index contributed by atoms with van der Waals surface area (Å²) < 4.78 is 14.9. The number of carbonyl (C=O) groups is 2. The predicted octanol–water partition coefficient (Wildman–Crippen LogP) is 5.08. The zero-order valence-electron chi connectivity index (χ0n) is 18.6. The fourth-order valence-electron chi connectivity index (χ4n) is 3.04. The van der Waals surface area contributed by atoms with Gasteiger partial charge in [-0.05, 0) is 102 Å². The van der Waals surface area contributed by atoms with Crippen LogP contribution in [0.5, 0.6) is 28.7 Å². The van der Waals surface area contributed by atoms with Gasteiger partial charge in [0, 0.05) is 22.6 Å². The Kier molecular flexibility index (Phi) is 9.57. The lowest BCUT2D eigenvalue weighted by Crippen LogP contribution is -2.57. The zero-order chi connectivity index (χ0) is 25.4. The van der Waals surface area contributed by atoms with Crippen LogP contribution < -0.4 is 14.8 Å². The van der Waals surface area contributed by atoms with E-state index < -0.39 is 15.7 Å². The molecule has 35 heavy (non-hydrogen) atoms. The molecular formula is C25H23I2NO7. The minimum Gasteiger partial charge on any atom is -0.508 e. The summed E-state index contributed by atoms with van der Waals surface area (Å²) in [4.78, 5) is 25.2. The monoisotopic (exact) mass is 703 g/mol. The molecule has 0 heterocycles. The molecule has 0 aromatic heterocycles. The number of hydrogen-bond donors (Lipinski definition) is 3. The zero-order valence-corrected chi connectivity index (χ0v) is 22.9. The van der Waals surface area contributed by atoms with E-state index in [4.69, 9.17) is 14.2 Å². The lowest BCUT2D eigenvalue weighted by molar-refractivity contribution is -0.146. The number of carbonyl (C=O) groups excluding carboxylic acids is 2. The van der Waals surface area contributed by atoms with Gasteiger partial charge >= 0.3 is 5.97 Å². The van der Waals surface area contributed by atoms with E-state index in [9.17, 15) is 19.8 Å². The first kappa shape index (κ1) is 27.0. The minimum atomic E-state index is -1.56. The van der Waals surface area contributed by atoms with Crippen LogP contribution in [-0.2, 0) is 20.7 Å². The average Bonchev–Trinajstić information content (AvgIpc) is 2.83. The van der Waals surface area contributed by atoms with Crippen molar-refractivity contribution in [2.24, 2.45) is 0 Å². The fraction of sp³-hybridized carbons (Fsp3) is 0.200. The van der Waals surface area contributed by atoms with Gasteiger partial charge in [0.15, 0.2) is 0 Å². The molecule has 3 aromatic rings. The van der Waals surface area contributed by atoms with Gasteiger partial charge in [-0.15, -0.1) is 0 Å². The molecule has 0 aliphatic rings. The Hall–Kier alpha value is -2.58. The maximum atomic E-state index is 12.7. The highest BCUT2D eigenvalue weighted by Gasteiger charge is 2.40. The molecule has 0 saturated heterocycles. The Balaban J connectivity index is 1.76. The molecule has 3 N–H and O–H groups in total. The lowest BCUT2D eigenvalue weighted by Gasteiger charge is -2.30. The third kappa shape index (κ3) is 7.97. The summed E-state index contributed by atoms with van der Waals surface area (Å²) >= 11 is 3.43. The Morgan fingerprint density at radius 3 is 1.86 bits per heavy atom. The second-order valence-corrected chi connectivity index (χ2v) is 9.86. The molecule has 8 nitrogen and oxygen atoms in total. The molecule has 2 atom stereocenters. The van der Waals surface area contributed by atoms with Crippen LogP contribution in [0.25, 0.3) is 0 Å². The molecule has 0 fully saturated rings. The van der Waals surface area contributed by atoms with Gasteiger partial charge in [-0.3, -0.25) is 14.9 Å². The molecule has 0 bridgehead atoms. The molecule has 0 radical (unpaired) electrons. The molecule has 10 heteroatoms. The van der Waals surface area contributed by atoms with Gasteiger partial charge in [0.25, 0.3) is 7.52 Å². The van der Waals surface area contributed by atoms with Crippen LogP contribution in [0.1, 0.15) is 12.5 Å². The van der Waals surface area contributed by atoms with Crippen LogP contribution in [0.15, 0.2) is 72.8 Å². The average molecular weight is 703 g/mol. The van der Waals surface area contributed by atoms with Crippen molar-refractivity contribution in [2.45, 2.75) is 23.1 Å². The number of phenols is 2. The Morgan fingerprint density at radius 2 is 1.37 bits per heavy atom. The SMILES string of the molecule is CCOC(=O)[C@H](Cc1ccc(Oc2ccc(O)cc2)cc1)NC(I)(Oc1ccc(O)cc1)C(=O)I. The number of nitrogens with one attached hydrogen (secondary N) is 1. The second-order valence-electron chi connectivity index (χ2n) is 7.36. The Bertz CT molecular complexity index is 1140. The van der Waals surface area contributed by atoms with Gasteiger partial charge < -0.3 is 24.4 Å². The molecule has 0 spiro atoms. The summed E-state index contributed by atoms with van der Waals surface area (Å²) in [5, 5.41) is 21.9. The molecule has 0 aliphatic carbocycles. The third-order valence-electron chi connectivity index (χ3n) is 4.71. The third-order valence-corrected chi connectivity index (χ3v) is 7.53. The highest BCUT2D eigenvalue weighted by molar-refractivity contribution is 14.1. The molecule has 3 rings (SSSR count). The summed E-state index contributed by atoms with van der Waals surface area (Å²) in [6, 6.07) is 18.6. The van der Waals surface area contributed by atoms with Gasteiger partial charge in [0.2, 0.25) is 0 Å². The number of alkyl halides is 1. The maximum Gasteiger partial charge on any atom is 0.323 e. The Morgan fingerprint density at radius 1 is 0.886 bits per heavy atom. The number of halogens is 2. The normalized spacial score (nSPS) is 13.3. The lowest BCUT2D eigenvalue weighted by atomic mass is 10.1. The molecule has 3 aromatic carbocycles. The van der Waals surface area contributed by atoms with Gasteiger partial charge in [0.05, 0.1) is 6.61 Å². The molecule has 184 valence electrons. The van der Waals surface area contributed by atoms with Gasteiger partial charge in [-0.25, -0.2) is 0 Å². The van der Waals surface area contributed by atoms with E-state index in [0.29, 0.717) is 17.2 Å². The highest BCUT2D eigenvalue weighted by atomic mass is 127. The van der Waals surface area contributed by atoms with Crippen LogP contribution in [0.3, 0.4) is 0 Å². The van der Waals surface area contributed by atoms with Crippen molar-refractivity contribution >= 4 is 54.9 Å². The summed E-state index contributed by atoms with van der Waals surface area (Å²) in [6.07, 6.45) is 0.228. The van der Waals surface area contributed by atoms with Crippen molar-refractivity contribution in [3.05, 3.63) is 78.4 Å². The van der Waals surface area contributed by atoms with Crippen molar-refractivity contribution in [2.75, 3.05) is 6.61 Å². The number of hydrogen-bond acceptors (Lipinski definition) is 8. The number of benzene rings is 3. The molecule has 0 amide bonds. The van der Waals surface area contributed by atoms with E-state index in [2.05, 4.69) is 5.32 Å². The number of ether oxygens (including phenoxy) is 3. The first-order valence-corrected chi connectivity index (χ1v) is 12.7. The van der Waals surface area contributed by atoms with E-state index in [1.165, 1.54) is 36.4 Å². The van der Waals surface area contributed by atoms with Crippen molar-refractivity contribution in [3.8, 4) is 28.7 Å². The number of phenolic OH excluding ortho intramolecular Hbond substituents is 2. The number of rotatable bonds is 11. The predicted molar refractivity (Wildman–Crippen MR) is 146 cm³/mol. The Labute approximate surface area is 229 Å². The maximum absolute atomic E-state index is 12.7. The number of esters is 1. The van der Waals surface area contributed by atoms with E-state index >= 15 is 0 Å². The van der Waals surface area contributed by atoms with Crippen LogP contribution in [-0.4, -0.2) is 36.4 Å². The minimum absolute atomic E-state index is 0.0624. The topological polar surface area (TPSA) is 114 Å². The first-order valence-electron chi connectivity index (χ1n) is 10.6. The second kappa shape index (κ2) is 12.4. The van der Waals surface area contributed by atoms with Crippen molar-refractivity contribution in [1.82, 2.24) is 5.32 Å². The molecule has 0 saturated carbocycles. The van der Waals surface area contributed by atoms with Crippen molar-refractivity contribution in [1.29, 1.82) is 0 Å². The summed E-state index contributed by atoms with van der Waals surface area (Å²) in [7, 11) is 0. The van der Waals surface area contributed by atoms with Crippen LogP contribution in [0, 0.1) is 0 Å². The van der Waals surface area contributed by atoms with E-state index in [1.807, 2.05) is 34.7 Å². The van der Waals surface area contributed by atoms with Gasteiger partial charge in [-0.1, -0.05) is 12.1 Å². The van der Waals surface area contributed by atoms with Crippen molar-refractivity contribution in [3.63, 3.8) is 0 Å². The van der Waals surface area contributed by atoms with Crippen LogP contribution in [0.2, 0.25) is 0 Å². The quantitative estimate of drug-likeness (QED) is 0.0633. The van der Waals surface area contributed by atoms with Gasteiger partial charge in [-0.2, -0.15) is 0 Å². The molecule has 0 aliphatic heterocycles. The highest BCUT2D eigenvalue weighted by Crippen LogP contribution is 2.29. The summed E-state index contributed by atoms with van der Waals surface area (Å²) in [5.41, 5.74) is 0.804. The first-order chi connectivity index (χ1) is 16.7. The molecule has 1 unspecified atom stereocenters. The molecular weight excluding hydrogens is 680 g/mol. The summed E-state index contributed by atoms with van der Waals surface area (Å²) in [6.45, 7) is 1.89. The number of aromatic hydroxyl groups is 2. The van der Waals surface area contributed by atoms with Crippen LogP contribution >= 0.6 is 45.2 Å². The van der Waals surface area contributed by atoms with E-state index in [1.54, 1.807) is 53.8 Å². The standard InChI is InChI=1S/C25H23I2NO7/c1-2-33-23(31)22(28-25(27,24(26)32)35-21-13-7-18(30)8-14-21)15-16-3-9-19(10-4-16)34-20-11-5-17(29)6-12-20/h3-14,22,28-30H,2,15H2,1H3/t22-,25?/m0/s1. The van der Waals surface area contributed by atoms with Gasteiger partial charge in [0.1, 0.15) is 34.8 Å². The smallest absolute Gasteiger partial charge is 0.323 e. The van der Waals surface area contributed by atoms with Crippen molar-refractivity contribution < 1.29 is 34.0 Å². The summed E-state index contributed by atoms with van der Waals surface area (Å²) in [5.74, 6) is 1.19.